The van der Waals surface area contributed by atoms with E-state index in [2.05, 4.69) is 19.4 Å². The Kier molecular flexibility index (Phi) is 6.01. The first kappa shape index (κ1) is 17.7. The summed E-state index contributed by atoms with van der Waals surface area (Å²) in [6.07, 6.45) is 1.39. The first-order valence-corrected chi connectivity index (χ1v) is 8.62. The van der Waals surface area contributed by atoms with Crippen LogP contribution < -0.4 is 10.5 Å². The standard InChI is InChI=1S/C11H20N6O5S/c12-23(20,21)22-8-1-10-11(17(18)19)16(9-14-10)7-6-15-4-2-13-3-5-15/h9,13H,1-8H2,(H2,12,20,21). The fourth-order valence-electron chi connectivity index (χ4n) is 2.41. The van der Waals surface area contributed by atoms with Gasteiger partial charge >= 0.3 is 16.1 Å². The maximum atomic E-state index is 11.3. The van der Waals surface area contributed by atoms with E-state index in [9.17, 15) is 18.5 Å². The number of aromatic nitrogens is 2. The maximum absolute atomic E-state index is 11.3. The summed E-state index contributed by atoms with van der Waals surface area (Å²) < 4.78 is 27.3. The van der Waals surface area contributed by atoms with E-state index in [0.717, 1.165) is 26.2 Å². The van der Waals surface area contributed by atoms with E-state index in [0.29, 0.717) is 13.1 Å². The molecule has 1 aromatic rings. The van der Waals surface area contributed by atoms with Gasteiger partial charge in [-0.25, -0.2) is 14.7 Å². The van der Waals surface area contributed by atoms with Crippen LogP contribution in [0.3, 0.4) is 0 Å². The van der Waals surface area contributed by atoms with Crippen LogP contribution in [0.25, 0.3) is 0 Å². The summed E-state index contributed by atoms with van der Waals surface area (Å²) in [5.74, 6) is -0.141. The number of hydrogen-bond acceptors (Lipinski definition) is 8. The van der Waals surface area contributed by atoms with Crippen LogP contribution in [0.4, 0.5) is 5.82 Å². The Bertz CT molecular complexity index is 639. The van der Waals surface area contributed by atoms with Crippen molar-refractivity contribution in [1.29, 1.82) is 0 Å². The highest BCUT2D eigenvalue weighted by atomic mass is 32.2. The Balaban J connectivity index is 1.98. The Labute approximate surface area is 133 Å². The predicted octanol–water partition coefficient (Wildman–Crippen LogP) is -1.54. The van der Waals surface area contributed by atoms with Crippen molar-refractivity contribution in [3.05, 3.63) is 22.1 Å². The van der Waals surface area contributed by atoms with Gasteiger partial charge in [0.2, 0.25) is 0 Å². The molecule has 0 unspecified atom stereocenters. The van der Waals surface area contributed by atoms with Gasteiger partial charge in [-0.1, -0.05) is 0 Å². The number of nitrogens with zero attached hydrogens (tertiary/aromatic N) is 4. The first-order valence-electron chi connectivity index (χ1n) is 7.15. The fraction of sp³-hybridized carbons (Fsp3) is 0.727. The third-order valence-electron chi connectivity index (χ3n) is 3.51. The van der Waals surface area contributed by atoms with Gasteiger partial charge in [0, 0.05) is 39.1 Å². The number of imidazole rings is 1. The van der Waals surface area contributed by atoms with Crippen LogP contribution in [0, 0.1) is 10.1 Å². The number of nitrogens with one attached hydrogen (secondary N) is 1. The molecule has 23 heavy (non-hydrogen) atoms. The van der Waals surface area contributed by atoms with Gasteiger partial charge in [-0.05, 0) is 4.92 Å². The minimum absolute atomic E-state index is 0.00657. The molecule has 0 spiro atoms. The Hall–Kier alpha value is -1.60. The van der Waals surface area contributed by atoms with Crippen molar-refractivity contribution in [2.75, 3.05) is 39.3 Å². The molecule has 0 aromatic carbocycles. The summed E-state index contributed by atoms with van der Waals surface area (Å²) in [6, 6.07) is 0. The van der Waals surface area contributed by atoms with Crippen molar-refractivity contribution in [1.82, 2.24) is 19.8 Å². The molecule has 130 valence electrons. The molecule has 0 amide bonds. The Morgan fingerprint density at radius 3 is 2.70 bits per heavy atom. The molecular weight excluding hydrogens is 328 g/mol. The van der Waals surface area contributed by atoms with E-state index >= 15 is 0 Å². The molecule has 2 rings (SSSR count). The van der Waals surface area contributed by atoms with Crippen LogP contribution >= 0.6 is 0 Å². The highest BCUT2D eigenvalue weighted by Crippen LogP contribution is 2.18. The molecule has 0 aliphatic carbocycles. The van der Waals surface area contributed by atoms with Gasteiger partial charge in [-0.2, -0.15) is 8.42 Å². The molecule has 12 heteroatoms. The molecule has 0 saturated carbocycles. The lowest BCUT2D eigenvalue weighted by Gasteiger charge is -2.26. The van der Waals surface area contributed by atoms with Crippen molar-refractivity contribution in [2.45, 2.75) is 13.0 Å². The smallest absolute Gasteiger partial charge is 0.346 e. The fourth-order valence-corrected chi connectivity index (χ4v) is 2.72. The predicted molar refractivity (Wildman–Crippen MR) is 81.0 cm³/mol. The molecule has 1 fully saturated rings. The average Bonchev–Trinajstić information content (AvgIpc) is 2.88. The zero-order valence-electron chi connectivity index (χ0n) is 12.5. The monoisotopic (exact) mass is 348 g/mol. The highest BCUT2D eigenvalue weighted by Gasteiger charge is 2.22. The molecule has 0 atom stereocenters. The molecule has 1 saturated heterocycles. The van der Waals surface area contributed by atoms with Crippen molar-refractivity contribution >= 4 is 16.1 Å². The molecular formula is C11H20N6O5S. The highest BCUT2D eigenvalue weighted by molar-refractivity contribution is 7.84. The molecule has 0 bridgehead atoms. The summed E-state index contributed by atoms with van der Waals surface area (Å²) in [5.41, 5.74) is 0.180. The van der Waals surface area contributed by atoms with E-state index in [1.807, 2.05) is 0 Å². The SMILES string of the molecule is NS(=O)(=O)OCCc1ncn(CCN2CCNCC2)c1[N+](=O)[O-]. The largest absolute Gasteiger partial charge is 0.358 e. The maximum Gasteiger partial charge on any atom is 0.346 e. The normalized spacial score (nSPS) is 16.6. The van der Waals surface area contributed by atoms with Gasteiger partial charge in [-0.15, -0.1) is 0 Å². The second-order valence-electron chi connectivity index (χ2n) is 5.12. The van der Waals surface area contributed by atoms with Crippen LogP contribution in [0.5, 0.6) is 0 Å². The Morgan fingerprint density at radius 2 is 2.09 bits per heavy atom. The van der Waals surface area contributed by atoms with Crippen molar-refractivity contribution in [2.24, 2.45) is 5.14 Å². The van der Waals surface area contributed by atoms with E-state index in [1.165, 1.54) is 10.9 Å². The van der Waals surface area contributed by atoms with E-state index in [4.69, 9.17) is 5.14 Å². The van der Waals surface area contributed by atoms with E-state index in [1.54, 1.807) is 0 Å². The summed E-state index contributed by atoms with van der Waals surface area (Å²) in [5, 5.41) is 19.2. The first-order chi connectivity index (χ1) is 10.9. The lowest BCUT2D eigenvalue weighted by atomic mass is 10.3. The number of nitrogens with two attached hydrogens (primary N) is 1. The lowest BCUT2D eigenvalue weighted by molar-refractivity contribution is -0.392. The van der Waals surface area contributed by atoms with E-state index in [-0.39, 0.29) is 24.5 Å². The van der Waals surface area contributed by atoms with Gasteiger partial charge in [0.05, 0.1) is 6.61 Å². The number of nitro groups is 1. The van der Waals surface area contributed by atoms with Crippen molar-refractivity contribution in [3.63, 3.8) is 0 Å². The quantitative estimate of drug-likeness (QED) is 0.424. The second kappa shape index (κ2) is 7.79. The van der Waals surface area contributed by atoms with Gasteiger partial charge in [-0.3, -0.25) is 9.08 Å². The Morgan fingerprint density at radius 1 is 1.39 bits per heavy atom. The number of piperazine rings is 1. The van der Waals surface area contributed by atoms with Crippen molar-refractivity contribution in [3.8, 4) is 0 Å². The van der Waals surface area contributed by atoms with Crippen LogP contribution in [0.2, 0.25) is 0 Å². The zero-order chi connectivity index (χ0) is 16.9. The van der Waals surface area contributed by atoms with Gasteiger partial charge < -0.3 is 15.4 Å². The van der Waals surface area contributed by atoms with Crippen LogP contribution in [0.15, 0.2) is 6.33 Å². The van der Waals surface area contributed by atoms with Crippen LogP contribution in [0.1, 0.15) is 5.69 Å². The second-order valence-corrected chi connectivity index (χ2v) is 6.34. The molecule has 0 radical (unpaired) electrons. The van der Waals surface area contributed by atoms with Crippen LogP contribution in [-0.2, 0) is 27.5 Å². The van der Waals surface area contributed by atoms with Crippen LogP contribution in [-0.4, -0.2) is 67.1 Å². The lowest BCUT2D eigenvalue weighted by Crippen LogP contribution is -2.44. The summed E-state index contributed by atoms with van der Waals surface area (Å²) in [6.45, 7) is 4.46. The topological polar surface area (TPSA) is 146 Å². The summed E-state index contributed by atoms with van der Waals surface area (Å²) in [4.78, 5) is 16.9. The third kappa shape index (κ3) is 5.51. The molecule has 2 heterocycles. The molecule has 3 N–H and O–H groups in total. The van der Waals surface area contributed by atoms with Gasteiger partial charge in [0.15, 0.2) is 6.33 Å². The van der Waals surface area contributed by atoms with Gasteiger partial charge in [0.25, 0.3) is 0 Å². The van der Waals surface area contributed by atoms with Crippen molar-refractivity contribution < 1.29 is 17.5 Å². The van der Waals surface area contributed by atoms with Gasteiger partial charge in [0.1, 0.15) is 12.2 Å². The zero-order valence-corrected chi connectivity index (χ0v) is 13.4. The average molecular weight is 348 g/mol. The number of hydrogen-bond donors (Lipinski definition) is 2. The third-order valence-corrected chi connectivity index (χ3v) is 4.00. The minimum atomic E-state index is -4.06. The summed E-state index contributed by atoms with van der Waals surface area (Å²) in [7, 11) is -4.06. The number of rotatable bonds is 8. The molecule has 1 aliphatic rings. The molecule has 1 aromatic heterocycles. The minimum Gasteiger partial charge on any atom is -0.358 e. The molecule has 11 nitrogen and oxygen atoms in total. The van der Waals surface area contributed by atoms with E-state index < -0.39 is 15.2 Å². The molecule has 1 aliphatic heterocycles. The summed E-state index contributed by atoms with van der Waals surface area (Å²) >= 11 is 0.